The fraction of sp³-hybridized carbons (Fsp3) is 0.0667. The maximum atomic E-state index is 12.7. The van der Waals surface area contributed by atoms with Crippen molar-refractivity contribution in [2.24, 2.45) is 0 Å². The number of nitrogens with one attached hydrogen (secondary N) is 1. The van der Waals surface area contributed by atoms with Gasteiger partial charge in [0.25, 0.3) is 5.91 Å². The van der Waals surface area contributed by atoms with Gasteiger partial charge in [0.05, 0.1) is 16.9 Å². The lowest BCUT2D eigenvalue weighted by molar-refractivity contribution is 0.102. The van der Waals surface area contributed by atoms with Crippen LogP contribution in [0.3, 0.4) is 0 Å². The second-order valence-corrected chi connectivity index (χ2v) is 8.18. The summed E-state index contributed by atoms with van der Waals surface area (Å²) in [5.74, 6) is -0.221. The number of anilines is 1. The number of rotatable bonds is 2. The molecule has 0 radical (unpaired) electrons. The summed E-state index contributed by atoms with van der Waals surface area (Å²) >= 11 is 13.7. The third kappa shape index (κ3) is 3.26. The average molecular weight is 567 g/mol. The summed E-state index contributed by atoms with van der Waals surface area (Å²) in [5.41, 5.74) is 2.72. The van der Waals surface area contributed by atoms with Gasteiger partial charge < -0.3 is 5.32 Å². The fourth-order valence-corrected chi connectivity index (χ4v) is 5.19. The minimum atomic E-state index is -0.221. The molecule has 1 amide bonds. The van der Waals surface area contributed by atoms with Crippen molar-refractivity contribution >= 4 is 81.0 Å². The van der Waals surface area contributed by atoms with E-state index < -0.39 is 0 Å². The number of aryl methyl sites for hydroxylation is 1. The Balaban J connectivity index is 2.03. The highest BCUT2D eigenvalue weighted by molar-refractivity contribution is 9.11. The molecule has 0 spiro atoms. The first kappa shape index (κ1) is 17.1. The number of carbonyl (C=O) groups is 1. The predicted octanol–water partition coefficient (Wildman–Crippen LogP) is 5.95. The van der Waals surface area contributed by atoms with Gasteiger partial charge in [0.15, 0.2) is 5.65 Å². The molecule has 2 heterocycles. The summed E-state index contributed by atoms with van der Waals surface area (Å²) in [5, 5.41) is 2.92. The lowest BCUT2D eigenvalue weighted by Gasteiger charge is -2.10. The van der Waals surface area contributed by atoms with Crippen molar-refractivity contribution in [2.45, 2.75) is 6.92 Å². The molecule has 0 saturated carbocycles. The topological polar surface area (TPSA) is 46.4 Å². The highest BCUT2D eigenvalue weighted by Crippen LogP contribution is 2.31. The normalized spacial score (nSPS) is 11.0. The first-order chi connectivity index (χ1) is 10.9. The molecule has 0 unspecified atom stereocenters. The lowest BCUT2D eigenvalue weighted by atomic mass is 10.2. The molecule has 0 aliphatic heterocycles. The van der Waals surface area contributed by atoms with Crippen molar-refractivity contribution in [2.75, 3.05) is 5.32 Å². The molecular formula is C15H9Br4N3O. The second-order valence-electron chi connectivity index (χ2n) is 4.80. The Morgan fingerprint density at radius 1 is 1.17 bits per heavy atom. The SMILES string of the molecule is Cc1nc2c(NC(=O)c3c(Br)cc(Br)cc3Br)cccn2c1Br. The number of aromatic nitrogens is 2. The van der Waals surface area contributed by atoms with Crippen LogP contribution in [0.1, 0.15) is 16.1 Å². The van der Waals surface area contributed by atoms with E-state index in [1.807, 2.05) is 41.8 Å². The van der Waals surface area contributed by atoms with Gasteiger partial charge >= 0.3 is 0 Å². The molecule has 3 aromatic rings. The van der Waals surface area contributed by atoms with Gasteiger partial charge in [-0.15, -0.1) is 0 Å². The summed E-state index contributed by atoms with van der Waals surface area (Å²) in [7, 11) is 0. The smallest absolute Gasteiger partial charge is 0.258 e. The molecule has 0 aliphatic rings. The maximum Gasteiger partial charge on any atom is 0.258 e. The number of hydrogen-bond donors (Lipinski definition) is 1. The van der Waals surface area contributed by atoms with Gasteiger partial charge in [-0.3, -0.25) is 9.20 Å². The van der Waals surface area contributed by atoms with Crippen molar-refractivity contribution in [3.05, 3.63) is 59.7 Å². The molecular weight excluding hydrogens is 558 g/mol. The summed E-state index contributed by atoms with van der Waals surface area (Å²) in [6, 6.07) is 7.35. The van der Waals surface area contributed by atoms with Gasteiger partial charge in [-0.05, 0) is 79.0 Å². The Kier molecular flexibility index (Phi) is 4.96. The Morgan fingerprint density at radius 2 is 1.83 bits per heavy atom. The van der Waals surface area contributed by atoms with Gasteiger partial charge in [0.1, 0.15) is 4.60 Å². The van der Waals surface area contributed by atoms with Crippen LogP contribution in [0.15, 0.2) is 48.5 Å². The maximum absolute atomic E-state index is 12.7. The monoisotopic (exact) mass is 563 g/mol. The van der Waals surface area contributed by atoms with Crippen LogP contribution in [-0.2, 0) is 0 Å². The van der Waals surface area contributed by atoms with Gasteiger partial charge in [-0.25, -0.2) is 4.98 Å². The molecule has 1 N–H and O–H groups in total. The molecule has 0 fully saturated rings. The van der Waals surface area contributed by atoms with Crippen LogP contribution in [0.2, 0.25) is 0 Å². The number of nitrogens with zero attached hydrogens (tertiary/aromatic N) is 2. The highest BCUT2D eigenvalue weighted by Gasteiger charge is 2.17. The van der Waals surface area contributed by atoms with Crippen molar-refractivity contribution in [1.82, 2.24) is 9.38 Å². The van der Waals surface area contributed by atoms with E-state index in [4.69, 9.17) is 0 Å². The van der Waals surface area contributed by atoms with E-state index >= 15 is 0 Å². The number of fused-ring (bicyclic) bond motifs is 1. The summed E-state index contributed by atoms with van der Waals surface area (Å²) in [6.45, 7) is 1.91. The number of pyridine rings is 1. The molecule has 1 aromatic carbocycles. The van der Waals surface area contributed by atoms with Gasteiger partial charge in [-0.1, -0.05) is 15.9 Å². The van der Waals surface area contributed by atoms with Crippen LogP contribution in [0.4, 0.5) is 5.69 Å². The largest absolute Gasteiger partial charge is 0.319 e. The van der Waals surface area contributed by atoms with Crippen LogP contribution >= 0.6 is 63.7 Å². The van der Waals surface area contributed by atoms with Crippen LogP contribution in [0.5, 0.6) is 0 Å². The molecule has 0 aliphatic carbocycles. The highest BCUT2D eigenvalue weighted by atomic mass is 79.9. The Hall–Kier alpha value is -0.700. The minimum Gasteiger partial charge on any atom is -0.319 e. The molecule has 8 heteroatoms. The van der Waals surface area contributed by atoms with E-state index in [-0.39, 0.29) is 5.91 Å². The molecule has 0 bridgehead atoms. The number of carbonyl (C=O) groups excluding carboxylic acids is 1. The summed E-state index contributed by atoms with van der Waals surface area (Å²) in [6.07, 6.45) is 1.89. The first-order valence-corrected chi connectivity index (χ1v) is 9.64. The number of benzene rings is 1. The van der Waals surface area contributed by atoms with Crippen LogP contribution < -0.4 is 5.32 Å². The summed E-state index contributed by atoms with van der Waals surface area (Å²) in [4.78, 5) is 17.2. The Labute approximate surface area is 166 Å². The summed E-state index contributed by atoms with van der Waals surface area (Å²) < 4.78 is 5.03. The quantitative estimate of drug-likeness (QED) is 0.417. The number of amides is 1. The molecule has 0 saturated heterocycles. The third-order valence-corrected chi connectivity index (χ3v) is 5.90. The second kappa shape index (κ2) is 6.66. The molecule has 23 heavy (non-hydrogen) atoms. The lowest BCUT2D eigenvalue weighted by Crippen LogP contribution is -2.14. The van der Waals surface area contributed by atoms with Gasteiger partial charge in [0, 0.05) is 19.6 Å². The molecule has 0 atom stereocenters. The zero-order valence-corrected chi connectivity index (χ0v) is 18.0. The minimum absolute atomic E-state index is 0.221. The van der Waals surface area contributed by atoms with E-state index in [0.717, 1.165) is 14.8 Å². The number of halogens is 4. The van der Waals surface area contributed by atoms with Gasteiger partial charge in [0.2, 0.25) is 0 Å². The van der Waals surface area contributed by atoms with Crippen molar-refractivity contribution in [3.8, 4) is 0 Å². The van der Waals surface area contributed by atoms with E-state index in [9.17, 15) is 4.79 Å². The zero-order chi connectivity index (χ0) is 16.7. The first-order valence-electron chi connectivity index (χ1n) is 6.47. The Morgan fingerprint density at radius 3 is 2.48 bits per heavy atom. The number of imidazole rings is 1. The van der Waals surface area contributed by atoms with E-state index in [0.29, 0.717) is 25.8 Å². The fourth-order valence-electron chi connectivity index (χ4n) is 2.19. The number of hydrogen-bond acceptors (Lipinski definition) is 2. The van der Waals surface area contributed by atoms with E-state index in [1.165, 1.54) is 0 Å². The van der Waals surface area contributed by atoms with Gasteiger partial charge in [-0.2, -0.15) is 0 Å². The van der Waals surface area contributed by atoms with Crippen LogP contribution in [-0.4, -0.2) is 15.3 Å². The van der Waals surface area contributed by atoms with E-state index in [1.54, 1.807) is 0 Å². The standard InChI is InChI=1S/C15H9Br4N3O/c1-7-13(19)22-4-2-3-11(14(22)20-7)21-15(23)12-9(17)5-8(16)6-10(12)18/h2-6H,1H3,(H,21,23). The van der Waals surface area contributed by atoms with Crippen molar-refractivity contribution in [1.29, 1.82) is 0 Å². The Bertz CT molecular complexity index is 913. The van der Waals surface area contributed by atoms with E-state index in [2.05, 4.69) is 74.0 Å². The molecule has 4 nitrogen and oxygen atoms in total. The third-order valence-electron chi connectivity index (χ3n) is 3.23. The molecule has 118 valence electrons. The molecule has 3 rings (SSSR count). The van der Waals surface area contributed by atoms with Crippen molar-refractivity contribution < 1.29 is 4.79 Å². The zero-order valence-electron chi connectivity index (χ0n) is 11.7. The average Bonchev–Trinajstić information content (AvgIpc) is 2.75. The predicted molar refractivity (Wildman–Crippen MR) is 105 cm³/mol. The molecule has 2 aromatic heterocycles. The van der Waals surface area contributed by atoms with Crippen molar-refractivity contribution in [3.63, 3.8) is 0 Å². The van der Waals surface area contributed by atoms with Crippen LogP contribution in [0, 0.1) is 6.92 Å². The van der Waals surface area contributed by atoms with Crippen LogP contribution in [0.25, 0.3) is 5.65 Å².